The Balaban J connectivity index is 1.74. The lowest BCUT2D eigenvalue weighted by atomic mass is 10.0. The Morgan fingerprint density at radius 2 is 1.96 bits per heavy atom. The largest absolute Gasteiger partial charge is 0.387 e. The second kappa shape index (κ2) is 7.78. The smallest absolute Gasteiger partial charge is 0.314 e. The second-order valence-corrected chi connectivity index (χ2v) is 5.77. The van der Waals surface area contributed by atoms with Crippen LogP contribution in [0.1, 0.15) is 28.5 Å². The molecule has 23 heavy (non-hydrogen) atoms. The minimum Gasteiger partial charge on any atom is -0.387 e. The monoisotopic (exact) mass is 316 g/mol. The number of aliphatic hydroxyl groups is 1. The number of nitrogens with zero attached hydrogens (tertiary/aromatic N) is 2. The quantitative estimate of drug-likeness (QED) is 0.757. The summed E-state index contributed by atoms with van der Waals surface area (Å²) in [5.74, 6) is 0. The predicted octanol–water partition coefficient (Wildman–Crippen LogP) is 1.61. The standard InChI is InChI=1S/C17H24N4O2/c1-12-8-13(2)10-14(9-12)16(22)11-19-17(23)18-6-4-15-5-7-20-21(15)3/h5,7-10,16,22H,4,6,11H2,1-3H3,(H2,18,19,23)/t16-/m1/s1. The number of aromatic nitrogens is 2. The Morgan fingerprint density at radius 1 is 1.26 bits per heavy atom. The summed E-state index contributed by atoms with van der Waals surface area (Å²) in [5, 5.41) is 19.7. The van der Waals surface area contributed by atoms with Crippen LogP contribution in [0.4, 0.5) is 4.79 Å². The predicted molar refractivity (Wildman–Crippen MR) is 89.2 cm³/mol. The number of carbonyl (C=O) groups is 1. The Bertz CT molecular complexity index is 646. The first-order valence-electron chi connectivity index (χ1n) is 7.70. The summed E-state index contributed by atoms with van der Waals surface area (Å²) >= 11 is 0. The molecule has 6 heteroatoms. The van der Waals surface area contributed by atoms with Crippen LogP contribution in [0.3, 0.4) is 0 Å². The number of urea groups is 1. The van der Waals surface area contributed by atoms with Crippen molar-refractivity contribution < 1.29 is 9.90 Å². The van der Waals surface area contributed by atoms with Crippen LogP contribution in [-0.4, -0.2) is 34.0 Å². The van der Waals surface area contributed by atoms with Crippen LogP contribution in [0.2, 0.25) is 0 Å². The van der Waals surface area contributed by atoms with Gasteiger partial charge in [0.2, 0.25) is 0 Å². The third-order valence-electron chi connectivity index (χ3n) is 3.67. The highest BCUT2D eigenvalue weighted by Crippen LogP contribution is 2.16. The highest BCUT2D eigenvalue weighted by molar-refractivity contribution is 5.73. The van der Waals surface area contributed by atoms with E-state index < -0.39 is 6.10 Å². The Hall–Kier alpha value is -2.34. The number of carbonyl (C=O) groups excluding carboxylic acids is 1. The van der Waals surface area contributed by atoms with Gasteiger partial charge in [0.1, 0.15) is 0 Å². The minimum atomic E-state index is -0.712. The zero-order valence-corrected chi connectivity index (χ0v) is 13.8. The molecule has 2 amide bonds. The zero-order valence-electron chi connectivity index (χ0n) is 13.8. The first kappa shape index (κ1) is 17.0. The lowest BCUT2D eigenvalue weighted by Crippen LogP contribution is -2.38. The minimum absolute atomic E-state index is 0.181. The molecule has 2 aromatic rings. The van der Waals surface area contributed by atoms with Gasteiger partial charge in [-0.2, -0.15) is 5.10 Å². The lowest BCUT2D eigenvalue weighted by Gasteiger charge is -2.14. The van der Waals surface area contributed by atoms with Gasteiger partial charge in [0.25, 0.3) is 0 Å². The first-order valence-corrected chi connectivity index (χ1v) is 7.70. The number of aliphatic hydroxyl groups excluding tert-OH is 1. The van der Waals surface area contributed by atoms with E-state index in [1.54, 1.807) is 10.9 Å². The van der Waals surface area contributed by atoms with Gasteiger partial charge in [-0.05, 0) is 25.5 Å². The molecule has 0 aliphatic heterocycles. The Morgan fingerprint density at radius 3 is 2.57 bits per heavy atom. The maximum absolute atomic E-state index is 11.8. The van der Waals surface area contributed by atoms with Crippen LogP contribution >= 0.6 is 0 Å². The van der Waals surface area contributed by atoms with Gasteiger partial charge in [0.15, 0.2) is 0 Å². The van der Waals surface area contributed by atoms with Crippen molar-refractivity contribution in [2.24, 2.45) is 7.05 Å². The maximum Gasteiger partial charge on any atom is 0.314 e. The van der Waals surface area contributed by atoms with E-state index in [0.717, 1.165) is 22.4 Å². The highest BCUT2D eigenvalue weighted by Gasteiger charge is 2.10. The van der Waals surface area contributed by atoms with Gasteiger partial charge in [-0.3, -0.25) is 4.68 Å². The topological polar surface area (TPSA) is 79.2 Å². The lowest BCUT2D eigenvalue weighted by molar-refractivity contribution is 0.173. The summed E-state index contributed by atoms with van der Waals surface area (Å²) in [6, 6.07) is 7.55. The fraction of sp³-hybridized carbons (Fsp3) is 0.412. The molecule has 0 radical (unpaired) electrons. The first-order chi connectivity index (χ1) is 11.0. The van der Waals surface area contributed by atoms with Crippen molar-refractivity contribution in [1.29, 1.82) is 0 Å². The van der Waals surface area contributed by atoms with Crippen LogP contribution in [0.5, 0.6) is 0 Å². The van der Waals surface area contributed by atoms with Crippen LogP contribution in [0.15, 0.2) is 30.5 Å². The molecule has 3 N–H and O–H groups in total. The Labute approximate surface area is 136 Å². The van der Waals surface area contributed by atoms with Gasteiger partial charge in [-0.25, -0.2) is 4.79 Å². The van der Waals surface area contributed by atoms with E-state index in [1.807, 2.05) is 39.1 Å². The number of rotatable bonds is 6. The average molecular weight is 316 g/mol. The molecule has 0 aliphatic rings. The molecule has 0 aliphatic carbocycles. The van der Waals surface area contributed by atoms with E-state index in [-0.39, 0.29) is 12.6 Å². The van der Waals surface area contributed by atoms with Crippen LogP contribution in [-0.2, 0) is 13.5 Å². The van der Waals surface area contributed by atoms with E-state index >= 15 is 0 Å². The summed E-state index contributed by atoms with van der Waals surface area (Å²) in [6.45, 7) is 4.68. The molecule has 1 aromatic carbocycles. The average Bonchev–Trinajstić information content (AvgIpc) is 2.89. The van der Waals surface area contributed by atoms with Crippen molar-refractivity contribution >= 4 is 6.03 Å². The normalized spacial score (nSPS) is 12.0. The summed E-state index contributed by atoms with van der Waals surface area (Å²) in [5.41, 5.74) is 4.07. The summed E-state index contributed by atoms with van der Waals surface area (Å²) < 4.78 is 1.78. The molecule has 2 rings (SSSR count). The Kier molecular flexibility index (Phi) is 5.76. The highest BCUT2D eigenvalue weighted by atomic mass is 16.3. The van der Waals surface area contributed by atoms with Crippen molar-refractivity contribution in [2.75, 3.05) is 13.1 Å². The number of benzene rings is 1. The van der Waals surface area contributed by atoms with Gasteiger partial charge < -0.3 is 15.7 Å². The zero-order chi connectivity index (χ0) is 16.8. The van der Waals surface area contributed by atoms with Crippen molar-refractivity contribution in [1.82, 2.24) is 20.4 Å². The summed E-state index contributed by atoms with van der Waals surface area (Å²) in [6.07, 6.45) is 1.73. The van der Waals surface area contributed by atoms with Gasteiger partial charge in [0.05, 0.1) is 6.10 Å². The molecule has 1 atom stereocenters. The van der Waals surface area contributed by atoms with Gasteiger partial charge in [0, 0.05) is 38.4 Å². The molecule has 124 valence electrons. The number of hydrogen-bond donors (Lipinski definition) is 3. The van der Waals surface area contributed by atoms with Gasteiger partial charge >= 0.3 is 6.03 Å². The molecule has 6 nitrogen and oxygen atoms in total. The van der Waals surface area contributed by atoms with E-state index in [4.69, 9.17) is 0 Å². The van der Waals surface area contributed by atoms with Crippen LogP contribution in [0.25, 0.3) is 0 Å². The molecule has 0 fully saturated rings. The summed E-state index contributed by atoms with van der Waals surface area (Å²) in [7, 11) is 1.87. The molecule has 0 saturated heterocycles. The number of hydrogen-bond acceptors (Lipinski definition) is 3. The van der Waals surface area contributed by atoms with Crippen molar-refractivity contribution in [3.05, 3.63) is 52.8 Å². The van der Waals surface area contributed by atoms with E-state index in [2.05, 4.69) is 21.8 Å². The molecule has 0 bridgehead atoms. The number of amides is 2. The molecule has 0 spiro atoms. The van der Waals surface area contributed by atoms with E-state index in [0.29, 0.717) is 13.0 Å². The molecular weight excluding hydrogens is 292 g/mol. The van der Waals surface area contributed by atoms with E-state index in [1.165, 1.54) is 0 Å². The van der Waals surface area contributed by atoms with Crippen molar-refractivity contribution in [3.8, 4) is 0 Å². The van der Waals surface area contributed by atoms with Crippen LogP contribution in [0, 0.1) is 13.8 Å². The van der Waals surface area contributed by atoms with E-state index in [9.17, 15) is 9.90 Å². The molecule has 1 aromatic heterocycles. The number of aryl methyl sites for hydroxylation is 3. The third kappa shape index (κ3) is 5.10. The van der Waals surface area contributed by atoms with Crippen LogP contribution < -0.4 is 10.6 Å². The van der Waals surface area contributed by atoms with Gasteiger partial charge in [-0.1, -0.05) is 29.3 Å². The molecule has 0 saturated carbocycles. The molecule has 1 heterocycles. The second-order valence-electron chi connectivity index (χ2n) is 5.77. The SMILES string of the molecule is Cc1cc(C)cc([C@H](O)CNC(=O)NCCc2ccnn2C)c1. The van der Waals surface area contributed by atoms with Gasteiger partial charge in [-0.15, -0.1) is 0 Å². The maximum atomic E-state index is 11.8. The molecular formula is C17H24N4O2. The third-order valence-corrected chi connectivity index (χ3v) is 3.67. The summed E-state index contributed by atoms with van der Waals surface area (Å²) in [4.78, 5) is 11.8. The molecule has 0 unspecified atom stereocenters. The number of nitrogens with one attached hydrogen (secondary N) is 2. The van der Waals surface area contributed by atoms with Crippen molar-refractivity contribution in [3.63, 3.8) is 0 Å². The fourth-order valence-electron chi connectivity index (χ4n) is 2.52. The fourth-order valence-corrected chi connectivity index (χ4v) is 2.52. The van der Waals surface area contributed by atoms with Crippen molar-refractivity contribution in [2.45, 2.75) is 26.4 Å².